The Bertz CT molecular complexity index is 838. The van der Waals surface area contributed by atoms with E-state index in [1.54, 1.807) is 18.2 Å². The van der Waals surface area contributed by atoms with E-state index in [1.165, 1.54) is 12.8 Å². The van der Waals surface area contributed by atoms with Gasteiger partial charge < -0.3 is 16.0 Å². The molecule has 2 aromatic carbocycles. The highest BCUT2D eigenvalue weighted by molar-refractivity contribution is 6.37. The van der Waals surface area contributed by atoms with Crippen molar-refractivity contribution in [1.82, 2.24) is 0 Å². The predicted octanol–water partition coefficient (Wildman–Crippen LogP) is 5.37. The Labute approximate surface area is 164 Å². The monoisotopic (exact) mass is 391 g/mol. The number of halogens is 2. The lowest BCUT2D eigenvalue weighted by Gasteiger charge is -2.34. The fourth-order valence-electron chi connectivity index (χ4n) is 3.44. The third kappa shape index (κ3) is 4.08. The molecule has 0 bridgehead atoms. The summed E-state index contributed by atoms with van der Waals surface area (Å²) in [6, 6.07) is 8.67. The smallest absolute Gasteiger partial charge is 0.257 e. The van der Waals surface area contributed by atoms with Crippen molar-refractivity contribution in [3.8, 4) is 0 Å². The zero-order valence-electron chi connectivity index (χ0n) is 15.0. The molecule has 0 radical (unpaired) electrons. The number of nitrogens with one attached hydrogen (secondary N) is 1. The van der Waals surface area contributed by atoms with Crippen molar-refractivity contribution in [1.29, 1.82) is 0 Å². The standard InChI is InChI=1S/C20H23Cl2N3O/c1-12-4-3-7-25(11-12)19-10-18(17(23)8-13(19)2)24-20(26)15-6-5-14(21)9-16(15)22/h5-6,8-10,12H,3-4,7,11,23H2,1-2H3,(H,24,26). The summed E-state index contributed by atoms with van der Waals surface area (Å²) in [6.07, 6.45) is 2.43. The van der Waals surface area contributed by atoms with Crippen LogP contribution in [0.1, 0.15) is 35.7 Å². The van der Waals surface area contributed by atoms with E-state index in [2.05, 4.69) is 17.1 Å². The van der Waals surface area contributed by atoms with Gasteiger partial charge in [-0.3, -0.25) is 4.79 Å². The fraction of sp³-hybridized carbons (Fsp3) is 0.350. The summed E-state index contributed by atoms with van der Waals surface area (Å²) < 4.78 is 0. The first-order valence-electron chi connectivity index (χ1n) is 8.76. The first-order valence-corrected chi connectivity index (χ1v) is 9.52. The van der Waals surface area contributed by atoms with Crippen molar-refractivity contribution in [2.24, 2.45) is 5.92 Å². The number of nitrogens with two attached hydrogens (primary N) is 1. The van der Waals surface area contributed by atoms with Crippen LogP contribution in [-0.4, -0.2) is 19.0 Å². The summed E-state index contributed by atoms with van der Waals surface area (Å²) in [6.45, 7) is 6.35. The van der Waals surface area contributed by atoms with Crippen LogP contribution in [0.3, 0.4) is 0 Å². The van der Waals surface area contributed by atoms with Crippen molar-refractivity contribution in [2.75, 3.05) is 29.0 Å². The van der Waals surface area contributed by atoms with E-state index in [9.17, 15) is 4.79 Å². The number of rotatable bonds is 3. The number of anilines is 3. The van der Waals surface area contributed by atoms with Gasteiger partial charge in [0.25, 0.3) is 5.91 Å². The number of benzene rings is 2. The highest BCUT2D eigenvalue weighted by Gasteiger charge is 2.20. The van der Waals surface area contributed by atoms with Crippen LogP contribution in [0.4, 0.5) is 17.1 Å². The van der Waals surface area contributed by atoms with E-state index in [4.69, 9.17) is 28.9 Å². The van der Waals surface area contributed by atoms with Gasteiger partial charge in [0.1, 0.15) is 0 Å². The molecule has 0 aliphatic carbocycles. The zero-order chi connectivity index (χ0) is 18.8. The molecule has 26 heavy (non-hydrogen) atoms. The van der Waals surface area contributed by atoms with Gasteiger partial charge in [-0.15, -0.1) is 0 Å². The van der Waals surface area contributed by atoms with Crippen LogP contribution in [-0.2, 0) is 0 Å². The van der Waals surface area contributed by atoms with Crippen LogP contribution in [0.5, 0.6) is 0 Å². The molecule has 1 amide bonds. The van der Waals surface area contributed by atoms with Gasteiger partial charge in [-0.2, -0.15) is 0 Å². The summed E-state index contributed by atoms with van der Waals surface area (Å²) in [5, 5.41) is 3.69. The van der Waals surface area contributed by atoms with Crippen LogP contribution in [0.25, 0.3) is 0 Å². The number of nitrogen functional groups attached to an aromatic ring is 1. The average Bonchev–Trinajstić information content (AvgIpc) is 2.57. The van der Waals surface area contributed by atoms with Gasteiger partial charge in [0.15, 0.2) is 0 Å². The Kier molecular flexibility index (Phi) is 5.64. The Balaban J connectivity index is 1.87. The molecule has 0 aromatic heterocycles. The second-order valence-corrected chi connectivity index (χ2v) is 7.84. The van der Waals surface area contributed by atoms with Crippen LogP contribution >= 0.6 is 23.2 Å². The number of piperidine rings is 1. The number of aryl methyl sites for hydroxylation is 1. The van der Waals surface area contributed by atoms with Crippen LogP contribution in [0, 0.1) is 12.8 Å². The molecular weight excluding hydrogens is 369 g/mol. The number of carbonyl (C=O) groups excluding carboxylic acids is 1. The molecule has 1 aliphatic rings. The first kappa shape index (κ1) is 18.9. The maximum absolute atomic E-state index is 12.6. The number of hydrogen-bond donors (Lipinski definition) is 2. The van der Waals surface area contributed by atoms with E-state index >= 15 is 0 Å². The summed E-state index contributed by atoms with van der Waals surface area (Å²) in [4.78, 5) is 15.0. The maximum atomic E-state index is 12.6. The van der Waals surface area contributed by atoms with E-state index in [0.717, 1.165) is 24.3 Å². The van der Waals surface area contributed by atoms with Crippen molar-refractivity contribution in [3.05, 3.63) is 51.5 Å². The Morgan fingerprint density at radius 2 is 2.04 bits per heavy atom. The molecule has 2 aromatic rings. The fourth-order valence-corrected chi connectivity index (χ4v) is 3.93. The van der Waals surface area contributed by atoms with E-state index in [-0.39, 0.29) is 5.91 Å². The molecule has 3 rings (SSSR count). The van der Waals surface area contributed by atoms with Gasteiger partial charge in [0.2, 0.25) is 0 Å². The molecule has 1 unspecified atom stereocenters. The molecule has 138 valence electrons. The van der Waals surface area contributed by atoms with Gasteiger partial charge in [0, 0.05) is 23.8 Å². The minimum absolute atomic E-state index is 0.305. The van der Waals surface area contributed by atoms with Gasteiger partial charge in [0.05, 0.1) is 22.0 Å². The minimum atomic E-state index is -0.305. The van der Waals surface area contributed by atoms with E-state index < -0.39 is 0 Å². The lowest BCUT2D eigenvalue weighted by Crippen LogP contribution is -2.34. The van der Waals surface area contributed by atoms with Gasteiger partial charge in [-0.25, -0.2) is 0 Å². The lowest BCUT2D eigenvalue weighted by atomic mass is 9.98. The maximum Gasteiger partial charge on any atom is 0.257 e. The van der Waals surface area contributed by atoms with Crippen molar-refractivity contribution >= 4 is 46.2 Å². The van der Waals surface area contributed by atoms with Gasteiger partial charge in [-0.05, 0) is 61.6 Å². The number of nitrogens with zero attached hydrogens (tertiary/aromatic N) is 1. The highest BCUT2D eigenvalue weighted by Crippen LogP contribution is 2.33. The predicted molar refractivity (Wildman–Crippen MR) is 111 cm³/mol. The second kappa shape index (κ2) is 7.77. The molecule has 0 saturated carbocycles. The van der Waals surface area contributed by atoms with E-state index in [1.807, 2.05) is 19.1 Å². The first-order chi connectivity index (χ1) is 12.3. The third-order valence-corrected chi connectivity index (χ3v) is 5.34. The summed E-state index contributed by atoms with van der Waals surface area (Å²) in [7, 11) is 0. The van der Waals surface area contributed by atoms with Gasteiger partial charge in [-0.1, -0.05) is 30.1 Å². The molecule has 1 fully saturated rings. The molecule has 1 saturated heterocycles. The highest BCUT2D eigenvalue weighted by atomic mass is 35.5. The van der Waals surface area contributed by atoms with Crippen molar-refractivity contribution in [2.45, 2.75) is 26.7 Å². The zero-order valence-corrected chi connectivity index (χ0v) is 16.5. The van der Waals surface area contributed by atoms with Crippen LogP contribution in [0.2, 0.25) is 10.0 Å². The third-order valence-electron chi connectivity index (χ3n) is 4.79. The Hall–Kier alpha value is -1.91. The topological polar surface area (TPSA) is 58.4 Å². The molecule has 1 atom stereocenters. The van der Waals surface area contributed by atoms with Gasteiger partial charge >= 0.3 is 0 Å². The number of hydrogen-bond acceptors (Lipinski definition) is 3. The molecule has 0 spiro atoms. The summed E-state index contributed by atoms with van der Waals surface area (Å²) >= 11 is 12.0. The normalized spacial score (nSPS) is 17.2. The Morgan fingerprint density at radius 3 is 2.73 bits per heavy atom. The molecular formula is C20H23Cl2N3O. The van der Waals surface area contributed by atoms with Crippen molar-refractivity contribution in [3.63, 3.8) is 0 Å². The van der Waals surface area contributed by atoms with E-state index in [0.29, 0.717) is 32.9 Å². The lowest BCUT2D eigenvalue weighted by molar-refractivity contribution is 0.102. The number of carbonyl (C=O) groups is 1. The van der Waals surface area contributed by atoms with Crippen molar-refractivity contribution < 1.29 is 4.79 Å². The quantitative estimate of drug-likeness (QED) is 0.691. The summed E-state index contributed by atoms with van der Waals surface area (Å²) in [5.74, 6) is 0.354. The minimum Gasteiger partial charge on any atom is -0.397 e. The second-order valence-electron chi connectivity index (χ2n) is 7.00. The molecule has 4 nitrogen and oxygen atoms in total. The molecule has 6 heteroatoms. The van der Waals surface area contributed by atoms with Crippen LogP contribution < -0.4 is 16.0 Å². The molecule has 1 aliphatic heterocycles. The Morgan fingerprint density at radius 1 is 1.27 bits per heavy atom. The molecule has 3 N–H and O–H groups in total. The average molecular weight is 392 g/mol. The summed E-state index contributed by atoms with van der Waals surface area (Å²) in [5.41, 5.74) is 9.87. The SMILES string of the molecule is Cc1cc(N)c(NC(=O)c2ccc(Cl)cc2Cl)cc1N1CCCC(C)C1. The van der Waals surface area contributed by atoms with Crippen LogP contribution in [0.15, 0.2) is 30.3 Å². The largest absolute Gasteiger partial charge is 0.397 e. The number of amides is 1. The molecule has 1 heterocycles.